The van der Waals surface area contributed by atoms with Gasteiger partial charge < -0.3 is 15.4 Å². The second kappa shape index (κ2) is 7.27. The Labute approximate surface area is 148 Å². The minimum atomic E-state index is -0.534. The van der Waals surface area contributed by atoms with Gasteiger partial charge in [-0.25, -0.2) is 0 Å². The first-order valence-corrected chi connectivity index (χ1v) is 8.52. The van der Waals surface area contributed by atoms with Crippen molar-refractivity contribution in [1.29, 1.82) is 0 Å². The molecular formula is C17H16N4O3S. The molecule has 3 rings (SSSR count). The van der Waals surface area contributed by atoms with Gasteiger partial charge in [0.1, 0.15) is 0 Å². The van der Waals surface area contributed by atoms with E-state index < -0.39 is 4.92 Å². The molecule has 1 unspecified atom stereocenters. The molecule has 3 aromatic rings. The maximum Gasteiger partial charge on any atom is 0.389 e. The highest BCUT2D eigenvalue weighted by Crippen LogP contribution is 2.18. The van der Waals surface area contributed by atoms with Crippen LogP contribution < -0.4 is 5.32 Å². The maximum absolute atomic E-state index is 12.4. The lowest BCUT2D eigenvalue weighted by molar-refractivity contribution is -0.389. The molecule has 1 atom stereocenters. The number of thiophene rings is 1. The van der Waals surface area contributed by atoms with Gasteiger partial charge in [0.05, 0.1) is 34.8 Å². The fourth-order valence-electron chi connectivity index (χ4n) is 2.39. The van der Waals surface area contributed by atoms with Crippen LogP contribution in [-0.4, -0.2) is 20.6 Å². The van der Waals surface area contributed by atoms with E-state index in [4.69, 9.17) is 0 Å². The zero-order chi connectivity index (χ0) is 17.8. The third kappa shape index (κ3) is 4.10. The summed E-state index contributed by atoms with van der Waals surface area (Å²) in [6.07, 6.45) is 1.55. The Kier molecular flexibility index (Phi) is 4.90. The Morgan fingerprint density at radius 3 is 2.80 bits per heavy atom. The largest absolute Gasteiger partial charge is 0.389 e. The lowest BCUT2D eigenvalue weighted by Gasteiger charge is -2.13. The van der Waals surface area contributed by atoms with Crippen LogP contribution in [0.2, 0.25) is 0 Å². The standard InChI is InChI=1S/C17H16N4O3S/c1-12(14-5-3-2-4-6-14)18-17(22)15-9-13(11-25-15)10-20-8-7-16(19-20)21(23)24/h2-9,11-12H,10H2,1H3,(H,18,22). The quantitative estimate of drug-likeness (QED) is 0.541. The van der Waals surface area contributed by atoms with E-state index >= 15 is 0 Å². The van der Waals surface area contributed by atoms with E-state index in [1.54, 1.807) is 12.3 Å². The number of carbonyl (C=O) groups is 1. The smallest absolute Gasteiger partial charge is 0.358 e. The van der Waals surface area contributed by atoms with E-state index in [0.717, 1.165) is 11.1 Å². The second-order valence-electron chi connectivity index (χ2n) is 5.55. The van der Waals surface area contributed by atoms with Crippen molar-refractivity contribution in [2.45, 2.75) is 19.5 Å². The van der Waals surface area contributed by atoms with E-state index in [1.807, 2.05) is 42.6 Å². The first-order chi connectivity index (χ1) is 12.0. The Bertz CT molecular complexity index is 888. The number of nitrogens with zero attached hydrogens (tertiary/aromatic N) is 3. The van der Waals surface area contributed by atoms with E-state index in [-0.39, 0.29) is 17.8 Å². The summed E-state index contributed by atoms with van der Waals surface area (Å²) in [5.41, 5.74) is 1.91. The molecular weight excluding hydrogens is 340 g/mol. The maximum atomic E-state index is 12.4. The summed E-state index contributed by atoms with van der Waals surface area (Å²) < 4.78 is 1.48. The third-order valence-corrected chi connectivity index (χ3v) is 4.66. The summed E-state index contributed by atoms with van der Waals surface area (Å²) in [6.45, 7) is 2.32. The Hall–Kier alpha value is -3.00. The predicted molar refractivity (Wildman–Crippen MR) is 94.6 cm³/mol. The number of hydrogen-bond donors (Lipinski definition) is 1. The minimum absolute atomic E-state index is 0.0898. The van der Waals surface area contributed by atoms with E-state index in [0.29, 0.717) is 11.4 Å². The van der Waals surface area contributed by atoms with Crippen molar-refractivity contribution in [1.82, 2.24) is 15.1 Å². The van der Waals surface area contributed by atoms with Crippen molar-refractivity contribution in [2.24, 2.45) is 0 Å². The predicted octanol–water partition coefficient (Wildman–Crippen LogP) is 3.39. The lowest BCUT2D eigenvalue weighted by atomic mass is 10.1. The van der Waals surface area contributed by atoms with Crippen LogP contribution in [0.15, 0.2) is 54.0 Å². The van der Waals surface area contributed by atoms with Gasteiger partial charge in [0, 0.05) is 0 Å². The van der Waals surface area contributed by atoms with Crippen LogP contribution in [0.1, 0.15) is 33.8 Å². The van der Waals surface area contributed by atoms with Crippen molar-refractivity contribution in [3.05, 3.63) is 80.2 Å². The van der Waals surface area contributed by atoms with Gasteiger partial charge in [-0.05, 0) is 34.4 Å². The molecule has 1 amide bonds. The van der Waals surface area contributed by atoms with Gasteiger partial charge in [-0.1, -0.05) is 30.3 Å². The second-order valence-corrected chi connectivity index (χ2v) is 6.46. The Morgan fingerprint density at radius 2 is 2.12 bits per heavy atom. The van der Waals surface area contributed by atoms with Gasteiger partial charge in [-0.15, -0.1) is 11.3 Å². The topological polar surface area (TPSA) is 90.1 Å². The Balaban J connectivity index is 1.64. The lowest BCUT2D eigenvalue weighted by Crippen LogP contribution is -2.25. The molecule has 0 saturated carbocycles. The number of hydrogen-bond acceptors (Lipinski definition) is 5. The van der Waals surface area contributed by atoms with Crippen LogP contribution in [0.25, 0.3) is 0 Å². The summed E-state index contributed by atoms with van der Waals surface area (Å²) in [5, 5.41) is 19.4. The van der Waals surface area contributed by atoms with Crippen LogP contribution in [0.5, 0.6) is 0 Å². The zero-order valence-corrected chi connectivity index (χ0v) is 14.3. The molecule has 0 saturated heterocycles. The van der Waals surface area contributed by atoms with Gasteiger partial charge in [-0.2, -0.15) is 4.68 Å². The van der Waals surface area contributed by atoms with Gasteiger partial charge >= 0.3 is 5.82 Å². The minimum Gasteiger partial charge on any atom is -0.358 e. The van der Waals surface area contributed by atoms with Crippen LogP contribution >= 0.6 is 11.3 Å². The average molecular weight is 356 g/mol. The highest BCUT2D eigenvalue weighted by atomic mass is 32.1. The number of aromatic nitrogens is 2. The van der Waals surface area contributed by atoms with Gasteiger partial charge in [0.25, 0.3) is 5.91 Å². The highest BCUT2D eigenvalue weighted by Gasteiger charge is 2.15. The van der Waals surface area contributed by atoms with Crippen LogP contribution in [-0.2, 0) is 6.54 Å². The van der Waals surface area contributed by atoms with E-state index in [9.17, 15) is 14.9 Å². The number of carbonyl (C=O) groups excluding carboxylic acids is 1. The summed E-state index contributed by atoms with van der Waals surface area (Å²) in [6, 6.07) is 12.8. The van der Waals surface area contributed by atoms with E-state index in [1.165, 1.54) is 22.1 Å². The molecule has 0 radical (unpaired) electrons. The van der Waals surface area contributed by atoms with Gasteiger partial charge in [0.15, 0.2) is 0 Å². The summed E-state index contributed by atoms with van der Waals surface area (Å²) in [7, 11) is 0. The van der Waals surface area contributed by atoms with Crippen LogP contribution in [0.4, 0.5) is 5.82 Å². The molecule has 1 N–H and O–H groups in total. The average Bonchev–Trinajstić information content (AvgIpc) is 3.26. The van der Waals surface area contributed by atoms with Crippen LogP contribution in [0.3, 0.4) is 0 Å². The number of amides is 1. The first kappa shape index (κ1) is 16.8. The van der Waals surface area contributed by atoms with Crippen molar-refractivity contribution in [3.63, 3.8) is 0 Å². The molecule has 0 fully saturated rings. The molecule has 8 heteroatoms. The molecule has 0 spiro atoms. The van der Waals surface area contributed by atoms with Gasteiger partial charge in [0.2, 0.25) is 0 Å². The molecule has 0 aliphatic heterocycles. The monoisotopic (exact) mass is 356 g/mol. The van der Waals surface area contributed by atoms with Crippen LogP contribution in [0, 0.1) is 10.1 Å². The highest BCUT2D eigenvalue weighted by molar-refractivity contribution is 7.12. The molecule has 2 aromatic heterocycles. The van der Waals surface area contributed by atoms with Crippen molar-refractivity contribution in [3.8, 4) is 0 Å². The molecule has 0 aliphatic carbocycles. The molecule has 128 valence electrons. The van der Waals surface area contributed by atoms with E-state index in [2.05, 4.69) is 10.4 Å². The summed E-state index contributed by atoms with van der Waals surface area (Å²) in [5.74, 6) is -0.330. The normalized spacial score (nSPS) is 11.9. The number of rotatable bonds is 6. The Morgan fingerprint density at radius 1 is 1.36 bits per heavy atom. The first-order valence-electron chi connectivity index (χ1n) is 7.64. The van der Waals surface area contributed by atoms with Crippen molar-refractivity contribution >= 4 is 23.1 Å². The number of nitrogens with one attached hydrogen (secondary N) is 1. The number of benzene rings is 1. The fraction of sp³-hybridized carbons (Fsp3) is 0.176. The number of nitro groups is 1. The fourth-order valence-corrected chi connectivity index (χ4v) is 3.20. The molecule has 1 aromatic carbocycles. The van der Waals surface area contributed by atoms with Crippen molar-refractivity contribution in [2.75, 3.05) is 0 Å². The summed E-state index contributed by atoms with van der Waals surface area (Å²) in [4.78, 5) is 23.1. The molecule has 25 heavy (non-hydrogen) atoms. The van der Waals surface area contributed by atoms with Crippen molar-refractivity contribution < 1.29 is 9.72 Å². The molecule has 0 bridgehead atoms. The van der Waals surface area contributed by atoms with Gasteiger partial charge in [-0.3, -0.25) is 4.79 Å². The third-order valence-electron chi connectivity index (χ3n) is 3.68. The summed E-state index contributed by atoms with van der Waals surface area (Å²) >= 11 is 1.34. The molecule has 0 aliphatic rings. The SMILES string of the molecule is CC(NC(=O)c1cc(Cn2ccc([N+](=O)[O-])n2)cs1)c1ccccc1. The zero-order valence-electron chi connectivity index (χ0n) is 13.5. The molecule has 2 heterocycles. The molecule has 7 nitrogen and oxygen atoms in total.